The normalized spacial score (nSPS) is 16.2. The molecule has 1 saturated heterocycles. The van der Waals surface area contributed by atoms with Gasteiger partial charge in [0.05, 0.1) is 6.21 Å². The van der Waals surface area contributed by atoms with E-state index in [9.17, 15) is 14.7 Å². The van der Waals surface area contributed by atoms with E-state index in [1.807, 2.05) is 53.7 Å². The molecule has 1 fully saturated rings. The molecule has 1 heterocycles. The van der Waals surface area contributed by atoms with Crippen molar-refractivity contribution in [2.75, 3.05) is 6.54 Å². The molecule has 0 radical (unpaired) electrons. The molecular formula is C18H25N3O3. The number of rotatable bonds is 2. The number of nitrogens with zero attached hydrogens (tertiary/aromatic N) is 2. The Morgan fingerprint density at radius 1 is 1.08 bits per heavy atom. The molecule has 6 nitrogen and oxygen atoms in total. The summed E-state index contributed by atoms with van der Waals surface area (Å²) in [7, 11) is 0. The predicted molar refractivity (Wildman–Crippen MR) is 93.3 cm³/mol. The van der Waals surface area contributed by atoms with E-state index in [0.29, 0.717) is 5.75 Å². The Hall–Kier alpha value is -2.37. The van der Waals surface area contributed by atoms with E-state index in [-0.39, 0.29) is 23.3 Å². The van der Waals surface area contributed by atoms with Crippen LogP contribution in [0.1, 0.15) is 58.2 Å². The lowest BCUT2D eigenvalue weighted by molar-refractivity contribution is -0.118. The Labute approximate surface area is 142 Å². The molecule has 3 amide bonds. The Balaban J connectivity index is 2.47. The van der Waals surface area contributed by atoms with Crippen molar-refractivity contribution in [1.29, 1.82) is 0 Å². The van der Waals surface area contributed by atoms with Crippen LogP contribution < -0.4 is 5.32 Å². The first-order valence-electron chi connectivity index (χ1n) is 7.93. The highest BCUT2D eigenvalue weighted by Crippen LogP contribution is 2.39. The van der Waals surface area contributed by atoms with Crippen LogP contribution in [-0.2, 0) is 15.6 Å². The zero-order valence-corrected chi connectivity index (χ0v) is 15.1. The number of aromatic hydroxyl groups is 1. The minimum atomic E-state index is -0.526. The van der Waals surface area contributed by atoms with E-state index in [1.165, 1.54) is 0 Å². The molecular weight excluding hydrogens is 306 g/mol. The molecule has 1 aliphatic rings. The number of hydrogen-bond acceptors (Lipinski definition) is 4. The van der Waals surface area contributed by atoms with Gasteiger partial charge in [0.25, 0.3) is 0 Å². The third kappa shape index (κ3) is 3.75. The molecule has 1 aliphatic heterocycles. The number of nitrogens with one attached hydrogen (secondary N) is 1. The topological polar surface area (TPSA) is 82.0 Å². The van der Waals surface area contributed by atoms with Crippen molar-refractivity contribution in [1.82, 2.24) is 10.3 Å². The van der Waals surface area contributed by atoms with Gasteiger partial charge in [-0.25, -0.2) is 9.80 Å². The summed E-state index contributed by atoms with van der Waals surface area (Å²) < 4.78 is 0. The first-order valence-corrected chi connectivity index (χ1v) is 7.93. The maximum atomic E-state index is 11.6. The zero-order chi connectivity index (χ0) is 18.3. The quantitative estimate of drug-likeness (QED) is 0.646. The maximum absolute atomic E-state index is 11.6. The van der Waals surface area contributed by atoms with Crippen LogP contribution in [-0.4, -0.2) is 34.8 Å². The minimum Gasteiger partial charge on any atom is -0.507 e. The third-order valence-corrected chi connectivity index (χ3v) is 3.87. The van der Waals surface area contributed by atoms with Crippen molar-refractivity contribution in [3.8, 4) is 5.75 Å². The Kier molecular flexibility index (Phi) is 4.44. The predicted octanol–water partition coefficient (Wildman–Crippen LogP) is 2.87. The highest BCUT2D eigenvalue weighted by molar-refractivity contribution is 6.02. The minimum absolute atomic E-state index is 0.0777. The number of hydrogen-bond donors (Lipinski definition) is 2. The van der Waals surface area contributed by atoms with Gasteiger partial charge < -0.3 is 5.11 Å². The summed E-state index contributed by atoms with van der Waals surface area (Å²) in [5, 5.41) is 18.0. The smallest absolute Gasteiger partial charge is 0.344 e. The average Bonchev–Trinajstić information content (AvgIpc) is 2.73. The van der Waals surface area contributed by atoms with E-state index >= 15 is 0 Å². The van der Waals surface area contributed by atoms with Crippen LogP contribution in [0, 0.1) is 0 Å². The molecule has 0 unspecified atom stereocenters. The third-order valence-electron chi connectivity index (χ3n) is 3.87. The summed E-state index contributed by atoms with van der Waals surface area (Å²) in [5.74, 6) is -0.0742. The summed E-state index contributed by atoms with van der Waals surface area (Å²) in [6.45, 7) is 12.1. The van der Waals surface area contributed by atoms with Gasteiger partial charge in [-0.2, -0.15) is 5.10 Å². The van der Waals surface area contributed by atoms with Gasteiger partial charge in [0.1, 0.15) is 12.3 Å². The molecule has 130 valence electrons. The van der Waals surface area contributed by atoms with Crippen molar-refractivity contribution in [3.63, 3.8) is 0 Å². The lowest BCUT2D eigenvalue weighted by Gasteiger charge is -2.27. The second kappa shape index (κ2) is 5.92. The molecule has 0 bridgehead atoms. The van der Waals surface area contributed by atoms with E-state index in [0.717, 1.165) is 21.7 Å². The van der Waals surface area contributed by atoms with Crippen LogP contribution >= 0.6 is 0 Å². The van der Waals surface area contributed by atoms with Gasteiger partial charge >= 0.3 is 6.03 Å². The molecule has 0 spiro atoms. The van der Waals surface area contributed by atoms with Crippen LogP contribution in [0.4, 0.5) is 4.79 Å². The number of phenols is 1. The maximum Gasteiger partial charge on any atom is 0.344 e. The van der Waals surface area contributed by atoms with Gasteiger partial charge in [0, 0.05) is 11.1 Å². The lowest BCUT2D eigenvalue weighted by Crippen LogP contribution is -2.24. The average molecular weight is 331 g/mol. The van der Waals surface area contributed by atoms with Crippen LogP contribution in [0.5, 0.6) is 5.75 Å². The van der Waals surface area contributed by atoms with Crippen LogP contribution in [0.25, 0.3) is 0 Å². The number of carbonyl (C=O) groups is 2. The number of urea groups is 1. The SMILES string of the molecule is CC(C)(C)c1cc(/C=N/N2CC(=O)NC2=O)cc(C(C)(C)C)c1O. The van der Waals surface area contributed by atoms with Crippen LogP contribution in [0.15, 0.2) is 17.2 Å². The molecule has 1 aromatic rings. The Morgan fingerprint density at radius 2 is 1.58 bits per heavy atom. The van der Waals surface area contributed by atoms with Crippen molar-refractivity contribution in [2.45, 2.75) is 52.4 Å². The second-order valence-electron chi connectivity index (χ2n) is 8.12. The number of amides is 3. The molecule has 0 aliphatic carbocycles. The number of hydrazone groups is 1. The van der Waals surface area contributed by atoms with E-state index in [2.05, 4.69) is 10.4 Å². The standard InChI is InChI=1S/C18H25N3O3/c1-17(2,3)12-7-11(8-13(15(12)23)18(4,5)6)9-19-21-10-14(22)20-16(21)24/h7-9,23H,10H2,1-6H3,(H,20,22,24)/b19-9+. The summed E-state index contributed by atoms with van der Waals surface area (Å²) >= 11 is 0. The summed E-state index contributed by atoms with van der Waals surface area (Å²) in [5.41, 5.74) is 1.93. The van der Waals surface area contributed by atoms with Crippen molar-refractivity contribution in [2.24, 2.45) is 5.10 Å². The largest absolute Gasteiger partial charge is 0.507 e. The van der Waals surface area contributed by atoms with Gasteiger partial charge in [0.15, 0.2) is 0 Å². The van der Waals surface area contributed by atoms with Gasteiger partial charge in [-0.15, -0.1) is 0 Å². The molecule has 24 heavy (non-hydrogen) atoms. The number of carbonyl (C=O) groups excluding carboxylic acids is 2. The van der Waals surface area contributed by atoms with Crippen molar-refractivity contribution in [3.05, 3.63) is 28.8 Å². The fourth-order valence-corrected chi connectivity index (χ4v) is 2.54. The number of phenolic OH excluding ortho intramolecular Hbond substituents is 1. The van der Waals surface area contributed by atoms with Crippen molar-refractivity contribution >= 4 is 18.2 Å². The second-order valence-corrected chi connectivity index (χ2v) is 8.12. The molecule has 0 aromatic heterocycles. The van der Waals surface area contributed by atoms with Crippen molar-refractivity contribution < 1.29 is 14.7 Å². The van der Waals surface area contributed by atoms with E-state index < -0.39 is 6.03 Å². The first-order chi connectivity index (χ1) is 10.9. The zero-order valence-electron chi connectivity index (χ0n) is 15.1. The Bertz CT molecular complexity index is 674. The van der Waals surface area contributed by atoms with Crippen LogP contribution in [0.3, 0.4) is 0 Å². The highest BCUT2D eigenvalue weighted by atomic mass is 16.3. The molecule has 0 atom stereocenters. The van der Waals surface area contributed by atoms with E-state index in [1.54, 1.807) is 6.21 Å². The van der Waals surface area contributed by atoms with E-state index in [4.69, 9.17) is 0 Å². The number of benzene rings is 1. The molecule has 2 rings (SSSR count). The van der Waals surface area contributed by atoms with Crippen LogP contribution in [0.2, 0.25) is 0 Å². The lowest BCUT2D eigenvalue weighted by atomic mass is 9.78. The van der Waals surface area contributed by atoms with Gasteiger partial charge in [-0.1, -0.05) is 41.5 Å². The molecule has 6 heteroatoms. The van der Waals surface area contributed by atoms with Gasteiger partial charge in [-0.3, -0.25) is 10.1 Å². The fourth-order valence-electron chi connectivity index (χ4n) is 2.54. The number of imide groups is 1. The van der Waals surface area contributed by atoms with Gasteiger partial charge in [0.2, 0.25) is 5.91 Å². The van der Waals surface area contributed by atoms with Gasteiger partial charge in [-0.05, 0) is 28.5 Å². The molecule has 2 N–H and O–H groups in total. The summed E-state index contributed by atoms with van der Waals surface area (Å²) in [6.07, 6.45) is 1.54. The Morgan fingerprint density at radius 3 is 1.96 bits per heavy atom. The fraction of sp³-hybridized carbons (Fsp3) is 0.500. The molecule has 0 saturated carbocycles. The first kappa shape index (κ1) is 18.0. The highest BCUT2D eigenvalue weighted by Gasteiger charge is 2.28. The summed E-state index contributed by atoms with van der Waals surface area (Å²) in [6, 6.07) is 3.20. The molecule has 1 aromatic carbocycles. The summed E-state index contributed by atoms with van der Waals surface area (Å²) in [4.78, 5) is 22.8. The monoisotopic (exact) mass is 331 g/mol.